The van der Waals surface area contributed by atoms with E-state index in [0.29, 0.717) is 12.8 Å². The predicted molar refractivity (Wildman–Crippen MR) is 38.4 cm³/mol. The summed E-state index contributed by atoms with van der Waals surface area (Å²) in [7, 11) is -2.17. The normalized spacial score (nSPS) is 26.5. The Morgan fingerprint density at radius 3 is 2.50 bits per heavy atom. The summed E-state index contributed by atoms with van der Waals surface area (Å²) < 4.78 is 20.7. The van der Waals surface area contributed by atoms with E-state index in [2.05, 4.69) is 0 Å². The lowest BCUT2D eigenvalue weighted by Gasteiger charge is -2.15. The van der Waals surface area contributed by atoms with Gasteiger partial charge in [0, 0.05) is 0 Å². The molecule has 1 atom stereocenters. The third kappa shape index (κ3) is 1.58. The van der Waals surface area contributed by atoms with Gasteiger partial charge in [0.25, 0.3) is 0 Å². The van der Waals surface area contributed by atoms with Crippen LogP contribution < -0.4 is 0 Å². The molecule has 1 fully saturated rings. The zero-order valence-corrected chi connectivity index (χ0v) is 6.39. The predicted octanol–water partition coefficient (Wildman–Crippen LogP) is -0.0272. The highest BCUT2D eigenvalue weighted by Crippen LogP contribution is 2.14. The molecular formula is C6H10O3S. The Morgan fingerprint density at radius 1 is 1.40 bits per heavy atom. The van der Waals surface area contributed by atoms with Gasteiger partial charge in [-0.05, 0) is 19.3 Å². The molecule has 1 aliphatic carbocycles. The second-order valence-electron chi connectivity index (χ2n) is 2.46. The van der Waals surface area contributed by atoms with Gasteiger partial charge in [-0.1, -0.05) is 6.42 Å². The molecule has 1 N–H and O–H groups in total. The smallest absolute Gasteiger partial charge is 0.215 e. The van der Waals surface area contributed by atoms with E-state index in [1.165, 1.54) is 0 Å². The maximum Gasteiger partial charge on any atom is 0.215 e. The van der Waals surface area contributed by atoms with Gasteiger partial charge in [0.05, 0.1) is 11.0 Å². The van der Waals surface area contributed by atoms with Crippen LogP contribution in [0.25, 0.3) is 0 Å². The lowest BCUT2D eigenvalue weighted by Crippen LogP contribution is -2.24. The van der Waals surface area contributed by atoms with Gasteiger partial charge in [-0.25, -0.2) is 0 Å². The van der Waals surface area contributed by atoms with Crippen molar-refractivity contribution in [2.75, 3.05) is 0 Å². The molecule has 58 valence electrons. The van der Waals surface area contributed by atoms with Gasteiger partial charge in [0.15, 0.2) is 0 Å². The molecule has 0 aliphatic heterocycles. The van der Waals surface area contributed by atoms with Crippen molar-refractivity contribution in [3.05, 3.63) is 0 Å². The minimum Gasteiger partial charge on any atom is -0.388 e. The molecule has 3 nitrogen and oxygen atoms in total. The summed E-state index contributed by atoms with van der Waals surface area (Å²) in [5.74, 6) is 0. The van der Waals surface area contributed by atoms with Crippen molar-refractivity contribution < 1.29 is 13.5 Å². The van der Waals surface area contributed by atoms with Crippen LogP contribution in [0.4, 0.5) is 0 Å². The van der Waals surface area contributed by atoms with E-state index >= 15 is 0 Å². The maximum absolute atomic E-state index is 10.4. The fourth-order valence-corrected chi connectivity index (χ4v) is 1.81. The van der Waals surface area contributed by atoms with E-state index < -0.39 is 16.4 Å². The van der Waals surface area contributed by atoms with E-state index in [9.17, 15) is 8.42 Å². The summed E-state index contributed by atoms with van der Waals surface area (Å²) in [5, 5.41) is 9.11. The second-order valence-corrected chi connectivity index (χ2v) is 3.46. The Balaban J connectivity index is 2.86. The van der Waals surface area contributed by atoms with Gasteiger partial charge in [-0.2, -0.15) is 8.42 Å². The Bertz CT molecular complexity index is 232. The Labute approximate surface area is 61.2 Å². The fourth-order valence-electron chi connectivity index (χ4n) is 1.16. The molecule has 1 unspecified atom stereocenters. The van der Waals surface area contributed by atoms with Crippen molar-refractivity contribution in [1.82, 2.24) is 0 Å². The van der Waals surface area contributed by atoms with Gasteiger partial charge < -0.3 is 5.11 Å². The molecular weight excluding hydrogens is 152 g/mol. The van der Waals surface area contributed by atoms with Crippen molar-refractivity contribution in [3.63, 3.8) is 0 Å². The summed E-state index contributed by atoms with van der Waals surface area (Å²) in [6.07, 6.45) is 2.26. The Hall–Kier alpha value is -0.350. The summed E-state index contributed by atoms with van der Waals surface area (Å²) in [5.41, 5.74) is 0. The van der Waals surface area contributed by atoms with E-state index in [4.69, 9.17) is 5.11 Å². The van der Waals surface area contributed by atoms with E-state index in [1.54, 1.807) is 0 Å². The monoisotopic (exact) mass is 162 g/mol. The van der Waals surface area contributed by atoms with Crippen molar-refractivity contribution in [2.45, 2.75) is 31.8 Å². The van der Waals surface area contributed by atoms with Crippen LogP contribution in [0.15, 0.2) is 0 Å². The van der Waals surface area contributed by atoms with Gasteiger partial charge in [0.2, 0.25) is 10.3 Å². The van der Waals surface area contributed by atoms with Crippen LogP contribution >= 0.6 is 0 Å². The molecule has 0 saturated heterocycles. The average Bonchev–Trinajstić information content (AvgIpc) is 1.88. The molecule has 0 bridgehead atoms. The molecule has 1 aliphatic rings. The third-order valence-corrected chi connectivity index (χ3v) is 2.64. The molecule has 1 saturated carbocycles. The highest BCUT2D eigenvalue weighted by molar-refractivity contribution is 7.73. The topological polar surface area (TPSA) is 54.4 Å². The number of aliphatic hydroxyl groups excluding tert-OH is 1. The number of hydrogen-bond acceptors (Lipinski definition) is 3. The van der Waals surface area contributed by atoms with Crippen LogP contribution in [0.2, 0.25) is 0 Å². The Morgan fingerprint density at radius 2 is 2.10 bits per heavy atom. The highest BCUT2D eigenvalue weighted by atomic mass is 32.2. The molecule has 0 aromatic carbocycles. The van der Waals surface area contributed by atoms with Crippen LogP contribution in [-0.4, -0.2) is 24.5 Å². The maximum atomic E-state index is 10.4. The van der Waals surface area contributed by atoms with Crippen molar-refractivity contribution in [3.8, 4) is 0 Å². The van der Waals surface area contributed by atoms with Crippen LogP contribution in [0.1, 0.15) is 25.7 Å². The van der Waals surface area contributed by atoms with Gasteiger partial charge in [0.1, 0.15) is 0 Å². The van der Waals surface area contributed by atoms with Crippen molar-refractivity contribution in [1.29, 1.82) is 0 Å². The van der Waals surface area contributed by atoms with Crippen molar-refractivity contribution >= 4 is 15.2 Å². The minimum atomic E-state index is -2.17. The number of rotatable bonds is 0. The number of hydrogen-bond donors (Lipinski definition) is 1. The van der Waals surface area contributed by atoms with Gasteiger partial charge in [-0.3, -0.25) is 0 Å². The molecule has 0 aromatic rings. The lowest BCUT2D eigenvalue weighted by atomic mass is 9.98. The molecule has 4 heteroatoms. The zero-order valence-electron chi connectivity index (χ0n) is 5.58. The van der Waals surface area contributed by atoms with Gasteiger partial charge in [-0.15, -0.1) is 0 Å². The van der Waals surface area contributed by atoms with Gasteiger partial charge >= 0.3 is 0 Å². The first-order chi connectivity index (χ1) is 4.72. The van der Waals surface area contributed by atoms with E-state index in [1.807, 2.05) is 0 Å². The summed E-state index contributed by atoms with van der Waals surface area (Å²) >= 11 is 0. The summed E-state index contributed by atoms with van der Waals surface area (Å²) in [4.78, 5) is 0.284. The summed E-state index contributed by atoms with van der Waals surface area (Å²) in [6, 6.07) is 0. The summed E-state index contributed by atoms with van der Waals surface area (Å²) in [6.45, 7) is 0. The SMILES string of the molecule is O=S(=O)=C1CCCCC1O. The second kappa shape index (κ2) is 3.16. The van der Waals surface area contributed by atoms with Crippen LogP contribution in [0.3, 0.4) is 0 Å². The van der Waals surface area contributed by atoms with Crippen LogP contribution in [0, 0.1) is 0 Å². The minimum absolute atomic E-state index is 0.284. The average molecular weight is 162 g/mol. The van der Waals surface area contributed by atoms with Crippen molar-refractivity contribution in [2.24, 2.45) is 0 Å². The third-order valence-electron chi connectivity index (χ3n) is 1.74. The standard InChI is InChI=1S/C6H10O3S/c7-5-3-1-2-4-6(5)10(8)9/h5,7H,1-4H2. The van der Waals surface area contributed by atoms with E-state index in [-0.39, 0.29) is 4.86 Å². The molecule has 1 rings (SSSR count). The molecule has 0 heterocycles. The van der Waals surface area contributed by atoms with Crippen LogP contribution in [0.5, 0.6) is 0 Å². The molecule has 10 heavy (non-hydrogen) atoms. The quantitative estimate of drug-likeness (QED) is 0.509. The lowest BCUT2D eigenvalue weighted by molar-refractivity contribution is 0.217. The number of aliphatic hydroxyl groups is 1. The largest absolute Gasteiger partial charge is 0.388 e. The first-order valence-electron chi connectivity index (χ1n) is 3.35. The molecule has 0 aromatic heterocycles. The first-order valence-corrected chi connectivity index (χ1v) is 4.42. The first kappa shape index (κ1) is 7.75. The zero-order chi connectivity index (χ0) is 7.56. The molecule has 0 amide bonds. The fraction of sp³-hybridized carbons (Fsp3) is 0.833. The highest BCUT2D eigenvalue weighted by Gasteiger charge is 2.18. The Kier molecular flexibility index (Phi) is 2.45. The molecule has 0 radical (unpaired) electrons. The van der Waals surface area contributed by atoms with E-state index in [0.717, 1.165) is 12.8 Å². The molecule has 0 spiro atoms. The van der Waals surface area contributed by atoms with Crippen LogP contribution in [-0.2, 0) is 10.3 Å².